The highest BCUT2D eigenvalue weighted by molar-refractivity contribution is 7.84. The quantitative estimate of drug-likeness (QED) is 0.792. The number of hydrogen-bond acceptors (Lipinski definition) is 2. The molecule has 1 atom stereocenters. The van der Waals surface area contributed by atoms with Crippen LogP contribution in [0.3, 0.4) is 0 Å². The van der Waals surface area contributed by atoms with Gasteiger partial charge in [-0.15, -0.1) is 0 Å². The lowest BCUT2D eigenvalue weighted by atomic mass is 10.0. The lowest BCUT2D eigenvalue weighted by molar-refractivity contribution is 0.662. The van der Waals surface area contributed by atoms with E-state index in [0.29, 0.717) is 0 Å². The van der Waals surface area contributed by atoms with Crippen LogP contribution >= 0.6 is 0 Å². The van der Waals surface area contributed by atoms with Crippen LogP contribution in [0.1, 0.15) is 12.0 Å². The molecule has 0 saturated heterocycles. The van der Waals surface area contributed by atoms with Gasteiger partial charge in [0.05, 0.1) is 0 Å². The van der Waals surface area contributed by atoms with Gasteiger partial charge in [0.1, 0.15) is 0 Å². The second kappa shape index (κ2) is 7.98. The van der Waals surface area contributed by atoms with Crippen LogP contribution in [0.25, 0.3) is 11.1 Å². The molecule has 3 heteroatoms. The molecule has 0 aliphatic carbocycles. The van der Waals surface area contributed by atoms with Crippen molar-refractivity contribution in [3.63, 3.8) is 0 Å². The van der Waals surface area contributed by atoms with E-state index in [-0.39, 0.29) is 0 Å². The van der Waals surface area contributed by atoms with Gasteiger partial charge in [0, 0.05) is 29.4 Å². The molecule has 0 amide bonds. The number of rotatable bonds is 7. The molecule has 0 aliphatic rings. The van der Waals surface area contributed by atoms with Gasteiger partial charge in [-0.1, -0.05) is 54.6 Å². The Morgan fingerprint density at radius 2 is 1.60 bits per heavy atom. The van der Waals surface area contributed by atoms with Crippen LogP contribution in [-0.2, 0) is 17.3 Å². The van der Waals surface area contributed by atoms with Crippen molar-refractivity contribution in [1.82, 2.24) is 5.32 Å². The first-order chi connectivity index (χ1) is 9.75. The Hall–Kier alpha value is -1.45. The second-order valence-corrected chi connectivity index (χ2v) is 6.43. The maximum absolute atomic E-state index is 10.9. The van der Waals surface area contributed by atoms with Crippen molar-refractivity contribution < 1.29 is 4.21 Å². The zero-order valence-electron chi connectivity index (χ0n) is 11.8. The number of benzene rings is 2. The third-order valence-electron chi connectivity index (χ3n) is 3.18. The van der Waals surface area contributed by atoms with Crippen molar-refractivity contribution in [2.24, 2.45) is 0 Å². The van der Waals surface area contributed by atoms with Gasteiger partial charge in [0.2, 0.25) is 0 Å². The molecule has 106 valence electrons. The predicted molar refractivity (Wildman–Crippen MR) is 87.1 cm³/mol. The van der Waals surface area contributed by atoms with Crippen molar-refractivity contribution in [3.05, 3.63) is 60.2 Å². The Morgan fingerprint density at radius 1 is 0.950 bits per heavy atom. The SMILES string of the molecule is CS(=O)CCCNCc1ccc(-c2ccccc2)cc1. The average molecular weight is 287 g/mol. The van der Waals surface area contributed by atoms with Gasteiger partial charge < -0.3 is 5.32 Å². The van der Waals surface area contributed by atoms with E-state index in [2.05, 4.69) is 53.8 Å². The van der Waals surface area contributed by atoms with E-state index >= 15 is 0 Å². The van der Waals surface area contributed by atoms with Crippen LogP contribution in [0.2, 0.25) is 0 Å². The van der Waals surface area contributed by atoms with Crippen molar-refractivity contribution in [1.29, 1.82) is 0 Å². The van der Waals surface area contributed by atoms with Crippen molar-refractivity contribution in [3.8, 4) is 11.1 Å². The Bertz CT molecular complexity index is 537. The topological polar surface area (TPSA) is 29.1 Å². The third-order valence-corrected chi connectivity index (χ3v) is 4.04. The molecule has 20 heavy (non-hydrogen) atoms. The summed E-state index contributed by atoms with van der Waals surface area (Å²) in [6.45, 7) is 1.78. The molecule has 2 aromatic carbocycles. The molecule has 2 nitrogen and oxygen atoms in total. The van der Waals surface area contributed by atoms with Gasteiger partial charge in [0.15, 0.2) is 0 Å². The summed E-state index contributed by atoms with van der Waals surface area (Å²) >= 11 is 0. The molecular formula is C17H21NOS. The lowest BCUT2D eigenvalue weighted by Gasteiger charge is -2.06. The molecule has 0 saturated carbocycles. The summed E-state index contributed by atoms with van der Waals surface area (Å²) in [5, 5.41) is 3.38. The fourth-order valence-corrected chi connectivity index (χ4v) is 2.63. The van der Waals surface area contributed by atoms with Crippen LogP contribution in [0.5, 0.6) is 0 Å². The third kappa shape index (κ3) is 4.91. The van der Waals surface area contributed by atoms with Gasteiger partial charge in [-0.25, -0.2) is 0 Å². The van der Waals surface area contributed by atoms with Crippen LogP contribution in [0.4, 0.5) is 0 Å². The van der Waals surface area contributed by atoms with Crippen LogP contribution in [0, 0.1) is 0 Å². The molecule has 0 heterocycles. The summed E-state index contributed by atoms with van der Waals surface area (Å²) in [5.74, 6) is 0.778. The highest BCUT2D eigenvalue weighted by atomic mass is 32.2. The smallest absolute Gasteiger partial charge is 0.0244 e. The van der Waals surface area contributed by atoms with Crippen molar-refractivity contribution >= 4 is 10.8 Å². The number of hydrogen-bond donors (Lipinski definition) is 1. The fourth-order valence-electron chi connectivity index (χ4n) is 2.08. The Balaban J connectivity index is 1.82. The molecule has 0 aromatic heterocycles. The van der Waals surface area contributed by atoms with Crippen molar-refractivity contribution in [2.75, 3.05) is 18.6 Å². The Labute approximate surface area is 123 Å². The van der Waals surface area contributed by atoms with Gasteiger partial charge >= 0.3 is 0 Å². The monoisotopic (exact) mass is 287 g/mol. The predicted octanol–water partition coefficient (Wildman–Crippen LogP) is 3.21. The number of nitrogens with one attached hydrogen (secondary N) is 1. The molecule has 2 aromatic rings. The zero-order valence-corrected chi connectivity index (χ0v) is 12.7. The molecule has 0 bridgehead atoms. The maximum atomic E-state index is 10.9. The average Bonchev–Trinajstić information content (AvgIpc) is 2.48. The van der Waals surface area contributed by atoms with E-state index < -0.39 is 10.8 Å². The molecular weight excluding hydrogens is 266 g/mol. The largest absolute Gasteiger partial charge is 0.313 e. The first-order valence-electron chi connectivity index (χ1n) is 6.91. The summed E-state index contributed by atoms with van der Waals surface area (Å²) in [4.78, 5) is 0. The van der Waals surface area contributed by atoms with E-state index in [1.54, 1.807) is 6.26 Å². The zero-order chi connectivity index (χ0) is 14.2. The second-order valence-electron chi connectivity index (χ2n) is 4.87. The highest BCUT2D eigenvalue weighted by Gasteiger charge is 1.98. The Morgan fingerprint density at radius 3 is 2.25 bits per heavy atom. The van der Waals surface area contributed by atoms with E-state index in [9.17, 15) is 4.21 Å². The minimum atomic E-state index is -0.678. The highest BCUT2D eigenvalue weighted by Crippen LogP contribution is 2.19. The maximum Gasteiger partial charge on any atom is 0.0244 e. The summed E-state index contributed by atoms with van der Waals surface area (Å²) in [6.07, 6.45) is 2.72. The van der Waals surface area contributed by atoms with Gasteiger partial charge in [-0.05, 0) is 29.7 Å². The molecule has 2 rings (SSSR count). The van der Waals surface area contributed by atoms with Crippen LogP contribution in [0.15, 0.2) is 54.6 Å². The molecule has 0 aliphatic heterocycles. The van der Waals surface area contributed by atoms with E-state index in [4.69, 9.17) is 0 Å². The molecule has 1 unspecified atom stereocenters. The first kappa shape index (κ1) is 14.9. The van der Waals surface area contributed by atoms with E-state index in [0.717, 1.165) is 25.3 Å². The lowest BCUT2D eigenvalue weighted by Crippen LogP contribution is -2.16. The molecule has 0 fully saturated rings. The Kier molecular flexibility index (Phi) is 5.96. The molecule has 0 radical (unpaired) electrons. The summed E-state index contributed by atoms with van der Waals surface area (Å²) in [6, 6.07) is 19.0. The minimum Gasteiger partial charge on any atom is -0.313 e. The van der Waals surface area contributed by atoms with E-state index in [1.807, 2.05) is 6.07 Å². The standard InChI is InChI=1S/C17H21NOS/c1-20(19)13-5-12-18-14-15-8-10-17(11-9-15)16-6-3-2-4-7-16/h2-4,6-11,18H,5,12-14H2,1H3. The summed E-state index contributed by atoms with van der Waals surface area (Å²) < 4.78 is 10.9. The van der Waals surface area contributed by atoms with Gasteiger partial charge in [-0.2, -0.15) is 0 Å². The van der Waals surface area contributed by atoms with Crippen LogP contribution in [-0.4, -0.2) is 22.8 Å². The fraction of sp³-hybridized carbons (Fsp3) is 0.294. The molecule has 0 spiro atoms. The van der Waals surface area contributed by atoms with Crippen LogP contribution < -0.4 is 5.32 Å². The van der Waals surface area contributed by atoms with Crippen molar-refractivity contribution in [2.45, 2.75) is 13.0 Å². The summed E-state index contributed by atoms with van der Waals surface area (Å²) in [5.41, 5.74) is 3.77. The van der Waals surface area contributed by atoms with E-state index in [1.165, 1.54) is 16.7 Å². The first-order valence-corrected chi connectivity index (χ1v) is 8.63. The molecule has 1 N–H and O–H groups in total. The van der Waals surface area contributed by atoms with Gasteiger partial charge in [-0.3, -0.25) is 4.21 Å². The summed E-state index contributed by atoms with van der Waals surface area (Å²) in [7, 11) is -0.678. The van der Waals surface area contributed by atoms with Gasteiger partial charge in [0.25, 0.3) is 0 Å². The minimum absolute atomic E-state index is 0.678. The normalized spacial score (nSPS) is 12.2.